The molecule has 1 unspecified atom stereocenters. The van der Waals surface area contributed by atoms with Crippen molar-refractivity contribution in [2.24, 2.45) is 5.92 Å². The highest BCUT2D eigenvalue weighted by atomic mass is 32.2. The average Bonchev–Trinajstić information content (AvgIpc) is 2.67. The van der Waals surface area contributed by atoms with Crippen LogP contribution in [0, 0.1) is 5.92 Å². The molecule has 0 radical (unpaired) electrons. The van der Waals surface area contributed by atoms with E-state index < -0.39 is 5.97 Å². The van der Waals surface area contributed by atoms with Crippen molar-refractivity contribution in [3.63, 3.8) is 0 Å². The molecular formula is C10H13NO3S. The molecule has 1 fully saturated rings. The standard InChI is InChI=1S/C10H13NO3S/c12-10(13)8-5-11-14-9(8)4-7-2-1-3-15-6-7/h5,7H,1-4,6H2,(H,12,13). The van der Waals surface area contributed by atoms with Crippen LogP contribution in [0.15, 0.2) is 10.7 Å². The molecule has 1 aromatic heterocycles. The fourth-order valence-corrected chi connectivity index (χ4v) is 2.97. The van der Waals surface area contributed by atoms with Gasteiger partial charge in [0.2, 0.25) is 0 Å². The van der Waals surface area contributed by atoms with Crippen molar-refractivity contribution in [2.45, 2.75) is 19.3 Å². The predicted molar refractivity (Wildman–Crippen MR) is 57.2 cm³/mol. The summed E-state index contributed by atoms with van der Waals surface area (Å²) in [6.45, 7) is 0. The van der Waals surface area contributed by atoms with Gasteiger partial charge in [0.25, 0.3) is 0 Å². The molecule has 1 atom stereocenters. The summed E-state index contributed by atoms with van der Waals surface area (Å²) in [5.41, 5.74) is 0.213. The minimum Gasteiger partial charge on any atom is -0.478 e. The van der Waals surface area contributed by atoms with Crippen LogP contribution in [0.3, 0.4) is 0 Å². The van der Waals surface area contributed by atoms with Gasteiger partial charge in [0.1, 0.15) is 5.56 Å². The molecule has 1 N–H and O–H groups in total. The Morgan fingerprint density at radius 2 is 2.60 bits per heavy atom. The first-order valence-electron chi connectivity index (χ1n) is 5.02. The molecule has 0 aliphatic carbocycles. The van der Waals surface area contributed by atoms with E-state index in [1.165, 1.54) is 18.4 Å². The Morgan fingerprint density at radius 3 is 3.27 bits per heavy atom. The van der Waals surface area contributed by atoms with Gasteiger partial charge in [0.05, 0.1) is 6.20 Å². The molecule has 1 saturated heterocycles. The van der Waals surface area contributed by atoms with E-state index in [4.69, 9.17) is 9.63 Å². The van der Waals surface area contributed by atoms with Gasteiger partial charge in [-0.05, 0) is 30.3 Å². The number of carbonyl (C=O) groups is 1. The Bertz CT molecular complexity index is 344. The highest BCUT2D eigenvalue weighted by Crippen LogP contribution is 2.26. The number of thioether (sulfide) groups is 1. The maximum absolute atomic E-state index is 10.8. The van der Waals surface area contributed by atoms with Gasteiger partial charge in [-0.25, -0.2) is 4.79 Å². The fourth-order valence-electron chi connectivity index (χ4n) is 1.82. The van der Waals surface area contributed by atoms with Crippen molar-refractivity contribution in [3.05, 3.63) is 17.5 Å². The quantitative estimate of drug-likeness (QED) is 0.856. The number of carboxylic acid groups (broad SMARTS) is 1. The molecule has 0 bridgehead atoms. The van der Waals surface area contributed by atoms with Crippen molar-refractivity contribution in [3.8, 4) is 0 Å². The number of aromatic nitrogens is 1. The lowest BCUT2D eigenvalue weighted by Crippen LogP contribution is -2.14. The number of hydrogen-bond donors (Lipinski definition) is 1. The van der Waals surface area contributed by atoms with E-state index in [1.807, 2.05) is 11.8 Å². The van der Waals surface area contributed by atoms with Gasteiger partial charge in [-0.1, -0.05) is 5.16 Å². The molecule has 0 saturated carbocycles. The molecule has 1 aliphatic rings. The zero-order valence-corrected chi connectivity index (χ0v) is 9.13. The molecule has 1 aliphatic heterocycles. The summed E-state index contributed by atoms with van der Waals surface area (Å²) in [5, 5.41) is 12.4. The van der Waals surface area contributed by atoms with Gasteiger partial charge in [0.15, 0.2) is 5.76 Å². The second-order valence-electron chi connectivity index (χ2n) is 3.76. The molecule has 82 valence electrons. The van der Waals surface area contributed by atoms with E-state index in [1.54, 1.807) is 0 Å². The minimum atomic E-state index is -0.949. The van der Waals surface area contributed by atoms with Crippen LogP contribution in [0.2, 0.25) is 0 Å². The van der Waals surface area contributed by atoms with Crippen LogP contribution >= 0.6 is 11.8 Å². The van der Waals surface area contributed by atoms with Crippen LogP contribution in [-0.4, -0.2) is 27.7 Å². The van der Waals surface area contributed by atoms with Crippen LogP contribution in [-0.2, 0) is 6.42 Å². The van der Waals surface area contributed by atoms with Crippen molar-refractivity contribution < 1.29 is 14.4 Å². The smallest absolute Gasteiger partial charge is 0.340 e. The first-order chi connectivity index (χ1) is 7.27. The van der Waals surface area contributed by atoms with Gasteiger partial charge in [-0.15, -0.1) is 0 Å². The second-order valence-corrected chi connectivity index (χ2v) is 4.90. The summed E-state index contributed by atoms with van der Waals surface area (Å²) in [6, 6.07) is 0. The van der Waals surface area contributed by atoms with Crippen LogP contribution < -0.4 is 0 Å². The minimum absolute atomic E-state index is 0.213. The Labute approximate surface area is 92.0 Å². The van der Waals surface area contributed by atoms with E-state index >= 15 is 0 Å². The number of hydrogen-bond acceptors (Lipinski definition) is 4. The third-order valence-corrected chi connectivity index (χ3v) is 3.89. The number of rotatable bonds is 3. The summed E-state index contributed by atoms with van der Waals surface area (Å²) in [4.78, 5) is 10.8. The van der Waals surface area contributed by atoms with Crippen molar-refractivity contribution in [1.29, 1.82) is 0 Å². The van der Waals surface area contributed by atoms with Crippen LogP contribution in [0.1, 0.15) is 29.0 Å². The van der Waals surface area contributed by atoms with E-state index in [0.29, 0.717) is 18.1 Å². The molecule has 15 heavy (non-hydrogen) atoms. The lowest BCUT2D eigenvalue weighted by atomic mass is 9.98. The van der Waals surface area contributed by atoms with E-state index in [-0.39, 0.29) is 5.56 Å². The van der Waals surface area contributed by atoms with Gasteiger partial charge in [-0.3, -0.25) is 0 Å². The second kappa shape index (κ2) is 4.70. The van der Waals surface area contributed by atoms with E-state index in [2.05, 4.69) is 5.16 Å². The zero-order valence-electron chi connectivity index (χ0n) is 8.31. The molecule has 2 rings (SSSR count). The van der Waals surface area contributed by atoms with Gasteiger partial charge >= 0.3 is 5.97 Å². The van der Waals surface area contributed by atoms with Gasteiger partial charge in [-0.2, -0.15) is 11.8 Å². The van der Waals surface area contributed by atoms with Crippen LogP contribution in [0.4, 0.5) is 0 Å². The summed E-state index contributed by atoms with van der Waals surface area (Å²) in [7, 11) is 0. The molecule has 0 spiro atoms. The van der Waals surface area contributed by atoms with Crippen LogP contribution in [0.25, 0.3) is 0 Å². The largest absolute Gasteiger partial charge is 0.478 e. The zero-order chi connectivity index (χ0) is 10.7. The fraction of sp³-hybridized carbons (Fsp3) is 0.600. The SMILES string of the molecule is O=C(O)c1cnoc1CC1CCCSC1. The lowest BCUT2D eigenvalue weighted by Gasteiger charge is -2.19. The molecule has 5 heteroatoms. The monoisotopic (exact) mass is 227 g/mol. The topological polar surface area (TPSA) is 63.3 Å². The molecule has 4 nitrogen and oxygen atoms in total. The summed E-state index contributed by atoms with van der Waals surface area (Å²) >= 11 is 1.93. The molecule has 2 heterocycles. The normalized spacial score (nSPS) is 21.5. The Balaban J connectivity index is 2.03. The third kappa shape index (κ3) is 2.53. The first-order valence-corrected chi connectivity index (χ1v) is 6.17. The first kappa shape index (κ1) is 10.5. The number of carboxylic acids is 1. The Hall–Kier alpha value is -0.970. The van der Waals surface area contributed by atoms with Crippen molar-refractivity contribution in [1.82, 2.24) is 5.16 Å². The lowest BCUT2D eigenvalue weighted by molar-refractivity contribution is 0.0694. The Morgan fingerprint density at radius 1 is 1.73 bits per heavy atom. The van der Waals surface area contributed by atoms with Crippen LogP contribution in [0.5, 0.6) is 0 Å². The molecule has 0 aromatic carbocycles. The molecular weight excluding hydrogens is 214 g/mol. The van der Waals surface area contributed by atoms with Crippen molar-refractivity contribution >= 4 is 17.7 Å². The van der Waals surface area contributed by atoms with Crippen molar-refractivity contribution in [2.75, 3.05) is 11.5 Å². The van der Waals surface area contributed by atoms with Gasteiger partial charge in [0, 0.05) is 6.42 Å². The summed E-state index contributed by atoms with van der Waals surface area (Å²) < 4.78 is 4.99. The van der Waals surface area contributed by atoms with Gasteiger partial charge < -0.3 is 9.63 Å². The predicted octanol–water partition coefficient (Wildman–Crippen LogP) is 2.06. The number of nitrogens with zero attached hydrogens (tertiary/aromatic N) is 1. The maximum Gasteiger partial charge on any atom is 0.340 e. The maximum atomic E-state index is 10.8. The number of aromatic carboxylic acids is 1. The molecule has 0 amide bonds. The third-order valence-electron chi connectivity index (χ3n) is 2.60. The summed E-state index contributed by atoms with van der Waals surface area (Å²) in [6.07, 6.45) is 4.36. The highest BCUT2D eigenvalue weighted by molar-refractivity contribution is 7.99. The van der Waals surface area contributed by atoms with E-state index in [9.17, 15) is 4.79 Å². The van der Waals surface area contributed by atoms with E-state index in [0.717, 1.165) is 12.2 Å². The Kier molecular flexibility index (Phi) is 3.30. The average molecular weight is 227 g/mol. The molecule has 1 aromatic rings. The highest BCUT2D eigenvalue weighted by Gasteiger charge is 2.21. The summed E-state index contributed by atoms with van der Waals surface area (Å²) in [5.74, 6) is 2.43.